The quantitative estimate of drug-likeness (QED) is 0.853. The number of hydrogen-bond acceptors (Lipinski definition) is 3. The fourth-order valence-electron chi connectivity index (χ4n) is 2.34. The van der Waals surface area contributed by atoms with Gasteiger partial charge in [0.05, 0.1) is 12.6 Å². The van der Waals surface area contributed by atoms with Gasteiger partial charge in [0.25, 0.3) is 0 Å². The highest BCUT2D eigenvalue weighted by Gasteiger charge is 2.19. The van der Waals surface area contributed by atoms with Gasteiger partial charge in [-0.3, -0.25) is 0 Å². The van der Waals surface area contributed by atoms with Crippen LogP contribution in [0.25, 0.3) is 0 Å². The van der Waals surface area contributed by atoms with Crippen LogP contribution in [0, 0.1) is 5.92 Å². The fraction of sp³-hybridized carbons (Fsp3) is 0.692. The summed E-state index contributed by atoms with van der Waals surface area (Å²) < 4.78 is 11.4. The average molecular weight is 223 g/mol. The van der Waals surface area contributed by atoms with Crippen LogP contribution in [0.3, 0.4) is 0 Å². The standard InChI is InChI=1S/C13H21NO2/c1-10-3-2-4-11(7-10)15-9-13-6-5-12(8-14)16-13/h5-6,10-11H,2-4,7-9,14H2,1H3. The van der Waals surface area contributed by atoms with Gasteiger partial charge in [-0.2, -0.15) is 0 Å². The van der Waals surface area contributed by atoms with Crippen molar-refractivity contribution >= 4 is 0 Å². The maximum absolute atomic E-state index is 5.86. The summed E-state index contributed by atoms with van der Waals surface area (Å²) in [7, 11) is 0. The third-order valence-corrected chi connectivity index (χ3v) is 3.27. The van der Waals surface area contributed by atoms with Gasteiger partial charge in [0.2, 0.25) is 0 Å². The number of furan rings is 1. The van der Waals surface area contributed by atoms with Gasteiger partial charge in [-0.25, -0.2) is 0 Å². The Morgan fingerprint density at radius 1 is 1.38 bits per heavy atom. The van der Waals surface area contributed by atoms with Gasteiger partial charge in [0, 0.05) is 0 Å². The summed E-state index contributed by atoms with van der Waals surface area (Å²) in [5, 5.41) is 0. The van der Waals surface area contributed by atoms with E-state index in [-0.39, 0.29) is 0 Å². The van der Waals surface area contributed by atoms with Crippen molar-refractivity contribution in [1.29, 1.82) is 0 Å². The Morgan fingerprint density at radius 3 is 2.88 bits per heavy atom. The lowest BCUT2D eigenvalue weighted by molar-refractivity contribution is -0.00296. The van der Waals surface area contributed by atoms with E-state index < -0.39 is 0 Å². The minimum Gasteiger partial charge on any atom is -0.462 e. The number of hydrogen-bond donors (Lipinski definition) is 1. The molecule has 0 radical (unpaired) electrons. The van der Waals surface area contributed by atoms with Gasteiger partial charge in [0.1, 0.15) is 18.1 Å². The van der Waals surface area contributed by atoms with E-state index in [2.05, 4.69) is 6.92 Å². The summed E-state index contributed by atoms with van der Waals surface area (Å²) in [6.07, 6.45) is 5.42. The Balaban J connectivity index is 1.78. The Kier molecular flexibility index (Phi) is 4.02. The summed E-state index contributed by atoms with van der Waals surface area (Å²) >= 11 is 0. The molecule has 1 aliphatic rings. The lowest BCUT2D eigenvalue weighted by Crippen LogP contribution is -2.21. The van der Waals surface area contributed by atoms with E-state index in [1.165, 1.54) is 25.7 Å². The van der Waals surface area contributed by atoms with E-state index in [9.17, 15) is 0 Å². The van der Waals surface area contributed by atoms with Gasteiger partial charge in [-0.15, -0.1) is 0 Å². The normalized spacial score (nSPS) is 25.9. The summed E-state index contributed by atoms with van der Waals surface area (Å²) in [5.74, 6) is 2.52. The van der Waals surface area contributed by atoms with Gasteiger partial charge in [-0.05, 0) is 30.9 Å². The molecule has 0 saturated heterocycles. The van der Waals surface area contributed by atoms with Gasteiger partial charge < -0.3 is 14.9 Å². The Bertz CT molecular complexity index is 321. The highest BCUT2D eigenvalue weighted by atomic mass is 16.5. The Morgan fingerprint density at radius 2 is 2.19 bits per heavy atom. The van der Waals surface area contributed by atoms with Crippen molar-refractivity contribution in [2.24, 2.45) is 11.7 Å². The molecule has 0 aliphatic heterocycles. The maximum atomic E-state index is 5.86. The van der Waals surface area contributed by atoms with Crippen LogP contribution in [0.1, 0.15) is 44.1 Å². The fourth-order valence-corrected chi connectivity index (χ4v) is 2.34. The monoisotopic (exact) mass is 223 g/mol. The molecule has 90 valence electrons. The van der Waals surface area contributed by atoms with Crippen molar-refractivity contribution in [3.63, 3.8) is 0 Å². The molecule has 1 aromatic heterocycles. The molecule has 1 aliphatic carbocycles. The molecular weight excluding hydrogens is 202 g/mol. The minimum absolute atomic E-state index is 0.412. The van der Waals surface area contributed by atoms with Crippen LogP contribution in [0.4, 0.5) is 0 Å². The molecule has 2 atom stereocenters. The molecule has 3 heteroatoms. The second-order valence-electron chi connectivity index (χ2n) is 4.78. The van der Waals surface area contributed by atoms with Crippen molar-refractivity contribution in [2.75, 3.05) is 0 Å². The number of nitrogens with two attached hydrogens (primary N) is 1. The van der Waals surface area contributed by atoms with Crippen molar-refractivity contribution in [3.05, 3.63) is 23.7 Å². The predicted molar refractivity (Wildman–Crippen MR) is 62.8 cm³/mol. The Labute approximate surface area is 97.0 Å². The first-order valence-electron chi connectivity index (χ1n) is 6.17. The van der Waals surface area contributed by atoms with Gasteiger partial charge in [-0.1, -0.05) is 19.8 Å². The zero-order chi connectivity index (χ0) is 11.4. The molecule has 1 heterocycles. The van der Waals surface area contributed by atoms with E-state index in [1.54, 1.807) is 0 Å². The van der Waals surface area contributed by atoms with E-state index >= 15 is 0 Å². The summed E-state index contributed by atoms with van der Waals surface area (Å²) in [4.78, 5) is 0. The smallest absolute Gasteiger partial charge is 0.129 e. The van der Waals surface area contributed by atoms with E-state index in [0.717, 1.165) is 17.4 Å². The topological polar surface area (TPSA) is 48.4 Å². The van der Waals surface area contributed by atoms with Crippen LogP contribution >= 0.6 is 0 Å². The second-order valence-corrected chi connectivity index (χ2v) is 4.78. The van der Waals surface area contributed by atoms with E-state index in [1.807, 2.05) is 12.1 Å². The second kappa shape index (κ2) is 5.51. The van der Waals surface area contributed by atoms with Crippen LogP contribution < -0.4 is 5.73 Å². The molecular formula is C13H21NO2. The average Bonchev–Trinajstić information content (AvgIpc) is 2.74. The first-order valence-corrected chi connectivity index (χ1v) is 6.17. The molecule has 1 fully saturated rings. The highest BCUT2D eigenvalue weighted by Crippen LogP contribution is 2.26. The molecule has 1 aromatic rings. The lowest BCUT2D eigenvalue weighted by atomic mass is 9.89. The third kappa shape index (κ3) is 3.09. The van der Waals surface area contributed by atoms with Crippen LogP contribution in [-0.4, -0.2) is 6.10 Å². The molecule has 2 unspecified atom stereocenters. The van der Waals surface area contributed by atoms with Gasteiger partial charge >= 0.3 is 0 Å². The van der Waals surface area contributed by atoms with Crippen molar-refractivity contribution in [2.45, 2.75) is 51.9 Å². The molecule has 0 bridgehead atoms. The van der Waals surface area contributed by atoms with Crippen LogP contribution in [0.2, 0.25) is 0 Å². The summed E-state index contributed by atoms with van der Waals surface area (Å²) in [6, 6.07) is 3.87. The Hall–Kier alpha value is -0.800. The zero-order valence-corrected chi connectivity index (χ0v) is 9.95. The highest BCUT2D eigenvalue weighted by molar-refractivity contribution is 5.05. The molecule has 0 aromatic carbocycles. The number of rotatable bonds is 4. The zero-order valence-electron chi connectivity index (χ0n) is 9.95. The van der Waals surface area contributed by atoms with Crippen molar-refractivity contribution in [1.82, 2.24) is 0 Å². The molecule has 0 spiro atoms. The van der Waals surface area contributed by atoms with Gasteiger partial charge in [0.15, 0.2) is 0 Å². The predicted octanol–water partition coefficient (Wildman–Crippen LogP) is 2.83. The molecule has 1 saturated carbocycles. The van der Waals surface area contributed by atoms with Crippen molar-refractivity contribution < 1.29 is 9.15 Å². The largest absolute Gasteiger partial charge is 0.462 e. The molecule has 2 rings (SSSR count). The summed E-state index contributed by atoms with van der Waals surface area (Å²) in [6.45, 7) is 3.34. The molecule has 0 amide bonds. The first kappa shape index (κ1) is 11.7. The third-order valence-electron chi connectivity index (χ3n) is 3.27. The maximum Gasteiger partial charge on any atom is 0.129 e. The van der Waals surface area contributed by atoms with Crippen LogP contribution in [-0.2, 0) is 17.9 Å². The SMILES string of the molecule is CC1CCCC(OCc2ccc(CN)o2)C1. The molecule has 3 nitrogen and oxygen atoms in total. The molecule has 2 N–H and O–H groups in total. The van der Waals surface area contributed by atoms with Crippen LogP contribution in [0.15, 0.2) is 16.5 Å². The van der Waals surface area contributed by atoms with Crippen molar-refractivity contribution in [3.8, 4) is 0 Å². The van der Waals surface area contributed by atoms with E-state index in [4.69, 9.17) is 14.9 Å². The molecule has 16 heavy (non-hydrogen) atoms. The minimum atomic E-state index is 0.412. The number of ether oxygens (including phenoxy) is 1. The summed E-state index contributed by atoms with van der Waals surface area (Å²) in [5.41, 5.74) is 5.49. The van der Waals surface area contributed by atoms with E-state index in [0.29, 0.717) is 19.3 Å². The lowest BCUT2D eigenvalue weighted by Gasteiger charge is -2.26. The van der Waals surface area contributed by atoms with Crippen LogP contribution in [0.5, 0.6) is 0 Å². The first-order chi connectivity index (χ1) is 7.78.